The molecule has 2 unspecified atom stereocenters. The predicted molar refractivity (Wildman–Crippen MR) is 56.6 cm³/mol. The Labute approximate surface area is 93.4 Å². The number of primary amides is 1. The highest BCUT2D eigenvalue weighted by Gasteiger charge is 2.15. The number of hydrogen-bond acceptors (Lipinski definition) is 3. The topological polar surface area (TPSA) is 122 Å². The summed E-state index contributed by atoms with van der Waals surface area (Å²) in [5.74, 6) is -1.81. The van der Waals surface area contributed by atoms with Gasteiger partial charge in [-0.2, -0.15) is 0 Å². The highest BCUT2D eigenvalue weighted by Crippen LogP contribution is 1.99. The first kappa shape index (κ1) is 14.2. The molecule has 0 aromatic heterocycles. The molecule has 0 bridgehead atoms. The number of nitrogens with one attached hydrogen (secondary N) is 2. The number of hydrogen-bond donors (Lipinski definition) is 4. The van der Waals surface area contributed by atoms with Gasteiger partial charge in [0.1, 0.15) is 6.04 Å². The molecule has 0 fully saturated rings. The normalized spacial score (nSPS) is 13.6. The number of aliphatic carboxylic acids is 1. The zero-order valence-corrected chi connectivity index (χ0v) is 9.32. The number of carbonyl (C=O) groups excluding carboxylic acids is 2. The highest BCUT2D eigenvalue weighted by molar-refractivity contribution is 5.86. The van der Waals surface area contributed by atoms with Crippen LogP contribution in [-0.4, -0.2) is 35.6 Å². The number of carboxylic acids is 1. The lowest BCUT2D eigenvalue weighted by atomic mass is 10.1. The Morgan fingerprint density at radius 3 is 2.31 bits per heavy atom. The fourth-order valence-corrected chi connectivity index (χ4v) is 0.967. The van der Waals surface area contributed by atoms with Crippen molar-refractivity contribution in [2.75, 3.05) is 6.54 Å². The van der Waals surface area contributed by atoms with Crippen LogP contribution in [0.25, 0.3) is 0 Å². The minimum absolute atomic E-state index is 0.247. The van der Waals surface area contributed by atoms with E-state index >= 15 is 0 Å². The van der Waals surface area contributed by atoms with Gasteiger partial charge in [0.2, 0.25) is 5.91 Å². The van der Waals surface area contributed by atoms with E-state index in [-0.39, 0.29) is 6.54 Å². The zero-order chi connectivity index (χ0) is 12.7. The Morgan fingerprint density at radius 1 is 1.31 bits per heavy atom. The van der Waals surface area contributed by atoms with Crippen LogP contribution in [0.3, 0.4) is 0 Å². The first-order valence-corrected chi connectivity index (χ1v) is 4.91. The number of amides is 3. The summed E-state index contributed by atoms with van der Waals surface area (Å²) in [4.78, 5) is 32.2. The van der Waals surface area contributed by atoms with E-state index in [4.69, 9.17) is 10.8 Å². The zero-order valence-electron chi connectivity index (χ0n) is 9.32. The van der Waals surface area contributed by atoms with Gasteiger partial charge in [-0.1, -0.05) is 6.92 Å². The van der Waals surface area contributed by atoms with E-state index in [0.717, 1.165) is 0 Å². The van der Waals surface area contributed by atoms with Gasteiger partial charge in [-0.05, 0) is 13.3 Å². The van der Waals surface area contributed by atoms with Gasteiger partial charge in [0, 0.05) is 6.54 Å². The molecule has 0 rings (SSSR count). The van der Waals surface area contributed by atoms with E-state index in [9.17, 15) is 14.4 Å². The number of nitrogens with two attached hydrogens (primary N) is 1. The Kier molecular flexibility index (Phi) is 5.91. The van der Waals surface area contributed by atoms with Crippen molar-refractivity contribution in [1.29, 1.82) is 0 Å². The standard InChI is InChI=1S/C9H17N3O4/c1-5(8(14)15)3-4-11-7(13)6(2)12-9(10)16/h5-6H,3-4H2,1-2H3,(H,11,13)(H,14,15)(H3,10,12,16). The molecule has 0 spiro atoms. The minimum atomic E-state index is -0.905. The second-order valence-electron chi connectivity index (χ2n) is 3.55. The number of carbonyl (C=O) groups is 3. The van der Waals surface area contributed by atoms with Crippen LogP contribution in [0.4, 0.5) is 4.79 Å². The maximum Gasteiger partial charge on any atom is 0.312 e. The van der Waals surface area contributed by atoms with Gasteiger partial charge in [-0.25, -0.2) is 4.79 Å². The van der Waals surface area contributed by atoms with Crippen molar-refractivity contribution in [3.8, 4) is 0 Å². The quantitative estimate of drug-likeness (QED) is 0.481. The van der Waals surface area contributed by atoms with E-state index in [1.165, 1.54) is 6.92 Å². The van der Waals surface area contributed by atoms with Gasteiger partial charge in [0.05, 0.1) is 5.92 Å². The molecule has 92 valence electrons. The molecule has 16 heavy (non-hydrogen) atoms. The Balaban J connectivity index is 3.81. The van der Waals surface area contributed by atoms with Crippen molar-refractivity contribution in [2.45, 2.75) is 26.3 Å². The average molecular weight is 231 g/mol. The largest absolute Gasteiger partial charge is 0.481 e. The smallest absolute Gasteiger partial charge is 0.312 e. The summed E-state index contributed by atoms with van der Waals surface area (Å²) >= 11 is 0. The van der Waals surface area contributed by atoms with E-state index in [2.05, 4.69) is 10.6 Å². The minimum Gasteiger partial charge on any atom is -0.481 e. The van der Waals surface area contributed by atoms with Gasteiger partial charge in [-0.3, -0.25) is 9.59 Å². The number of rotatable bonds is 6. The van der Waals surface area contributed by atoms with Crippen LogP contribution < -0.4 is 16.4 Å². The first-order valence-electron chi connectivity index (χ1n) is 4.91. The summed E-state index contributed by atoms with van der Waals surface area (Å²) in [6.07, 6.45) is 0.338. The summed E-state index contributed by atoms with van der Waals surface area (Å²) in [5, 5.41) is 13.3. The van der Waals surface area contributed by atoms with Crippen LogP contribution in [0.15, 0.2) is 0 Å². The Hall–Kier alpha value is -1.79. The van der Waals surface area contributed by atoms with Crippen molar-refractivity contribution in [2.24, 2.45) is 11.7 Å². The molecule has 7 nitrogen and oxygen atoms in total. The molecule has 0 saturated carbocycles. The number of carboxylic acid groups (broad SMARTS) is 1. The van der Waals surface area contributed by atoms with Crippen LogP contribution in [0.1, 0.15) is 20.3 Å². The molecule has 5 N–H and O–H groups in total. The van der Waals surface area contributed by atoms with Crippen molar-refractivity contribution in [3.05, 3.63) is 0 Å². The van der Waals surface area contributed by atoms with E-state index in [1.807, 2.05) is 0 Å². The molecule has 0 aliphatic heterocycles. The predicted octanol–water partition coefficient (Wildman–Crippen LogP) is -0.730. The highest BCUT2D eigenvalue weighted by atomic mass is 16.4. The first-order chi connectivity index (χ1) is 7.34. The van der Waals surface area contributed by atoms with Crippen molar-refractivity contribution in [1.82, 2.24) is 10.6 Å². The van der Waals surface area contributed by atoms with Gasteiger partial charge >= 0.3 is 12.0 Å². The van der Waals surface area contributed by atoms with E-state index in [0.29, 0.717) is 6.42 Å². The summed E-state index contributed by atoms with van der Waals surface area (Å²) in [7, 11) is 0. The lowest BCUT2D eigenvalue weighted by Crippen LogP contribution is -2.47. The van der Waals surface area contributed by atoms with Crippen LogP contribution >= 0.6 is 0 Å². The molecule has 0 heterocycles. The monoisotopic (exact) mass is 231 g/mol. The molecule has 3 amide bonds. The fraction of sp³-hybridized carbons (Fsp3) is 0.667. The lowest BCUT2D eigenvalue weighted by molar-refractivity contribution is -0.141. The van der Waals surface area contributed by atoms with Gasteiger partial charge in [-0.15, -0.1) is 0 Å². The van der Waals surface area contributed by atoms with Crippen LogP contribution in [-0.2, 0) is 9.59 Å². The Morgan fingerprint density at radius 2 is 1.88 bits per heavy atom. The van der Waals surface area contributed by atoms with Crippen molar-refractivity contribution < 1.29 is 19.5 Å². The average Bonchev–Trinajstić information content (AvgIpc) is 2.15. The van der Waals surface area contributed by atoms with Gasteiger partial charge in [0.15, 0.2) is 0 Å². The summed E-state index contributed by atoms with van der Waals surface area (Å²) in [6.45, 7) is 3.29. The third kappa shape index (κ3) is 5.84. The maximum absolute atomic E-state index is 11.3. The van der Waals surface area contributed by atoms with Gasteiger partial charge < -0.3 is 21.5 Å². The molecular weight excluding hydrogens is 214 g/mol. The molecule has 0 saturated heterocycles. The molecule has 2 atom stereocenters. The number of urea groups is 1. The maximum atomic E-state index is 11.3. The van der Waals surface area contributed by atoms with E-state index < -0.39 is 29.9 Å². The molecule has 0 aromatic rings. The lowest BCUT2D eigenvalue weighted by Gasteiger charge is -2.13. The third-order valence-corrected chi connectivity index (χ3v) is 2.05. The summed E-state index contributed by atoms with van der Waals surface area (Å²) in [5.41, 5.74) is 4.84. The molecule has 0 aromatic carbocycles. The van der Waals surface area contributed by atoms with Crippen LogP contribution in [0.2, 0.25) is 0 Å². The summed E-state index contributed by atoms with van der Waals surface area (Å²) in [6, 6.07) is -1.50. The molecule has 0 aliphatic rings. The Bertz CT molecular complexity index is 280. The van der Waals surface area contributed by atoms with Crippen molar-refractivity contribution >= 4 is 17.9 Å². The fourth-order valence-electron chi connectivity index (χ4n) is 0.967. The molecule has 0 radical (unpaired) electrons. The van der Waals surface area contributed by atoms with Gasteiger partial charge in [0.25, 0.3) is 0 Å². The SMILES string of the molecule is CC(CCNC(=O)C(C)NC(N)=O)C(=O)O. The molecule has 0 aliphatic carbocycles. The second kappa shape index (κ2) is 6.65. The second-order valence-corrected chi connectivity index (χ2v) is 3.55. The molecular formula is C9H17N3O4. The third-order valence-electron chi connectivity index (χ3n) is 2.05. The van der Waals surface area contributed by atoms with Crippen LogP contribution in [0, 0.1) is 5.92 Å². The summed E-state index contributed by atoms with van der Waals surface area (Å²) < 4.78 is 0. The molecule has 7 heteroatoms. The van der Waals surface area contributed by atoms with Crippen molar-refractivity contribution in [3.63, 3.8) is 0 Å². The van der Waals surface area contributed by atoms with Crippen LogP contribution in [0.5, 0.6) is 0 Å². The van der Waals surface area contributed by atoms with E-state index in [1.54, 1.807) is 6.92 Å².